The van der Waals surface area contributed by atoms with Crippen LogP contribution >= 0.6 is 0 Å². The molecule has 0 bridgehead atoms. The lowest BCUT2D eigenvalue weighted by Crippen LogP contribution is -2.42. The molecule has 0 spiro atoms. The van der Waals surface area contributed by atoms with Crippen LogP contribution in [-0.4, -0.2) is 31.6 Å². The van der Waals surface area contributed by atoms with Gasteiger partial charge in [0.1, 0.15) is 0 Å². The van der Waals surface area contributed by atoms with Gasteiger partial charge in [0.25, 0.3) is 0 Å². The van der Waals surface area contributed by atoms with Crippen LogP contribution in [0.25, 0.3) is 0 Å². The fourth-order valence-electron chi connectivity index (χ4n) is 3.29. The Balaban J connectivity index is 1.80. The van der Waals surface area contributed by atoms with E-state index in [2.05, 4.69) is 62.4 Å². The first-order valence-corrected chi connectivity index (χ1v) is 8.61. The van der Waals surface area contributed by atoms with Crippen LogP contribution in [0, 0.1) is 5.92 Å². The van der Waals surface area contributed by atoms with Gasteiger partial charge >= 0.3 is 0 Å². The van der Waals surface area contributed by atoms with E-state index in [0.29, 0.717) is 6.04 Å². The van der Waals surface area contributed by atoms with E-state index in [1.165, 1.54) is 36.8 Å². The first-order valence-electron chi connectivity index (χ1n) is 8.61. The molecule has 0 saturated heterocycles. The molecule has 1 atom stereocenters. The second kappa shape index (κ2) is 7.95. The summed E-state index contributed by atoms with van der Waals surface area (Å²) in [7, 11) is 4.41. The Morgan fingerprint density at radius 1 is 1.10 bits per heavy atom. The molecule has 0 aromatic heterocycles. The van der Waals surface area contributed by atoms with E-state index in [9.17, 15) is 0 Å². The third-order valence-corrected chi connectivity index (χ3v) is 4.97. The summed E-state index contributed by atoms with van der Waals surface area (Å²) < 4.78 is 0. The highest BCUT2D eigenvalue weighted by molar-refractivity contribution is 5.27. The Kier molecular flexibility index (Phi) is 6.25. The third-order valence-electron chi connectivity index (χ3n) is 4.97. The molecular weight excluding hydrogens is 256 g/mol. The molecule has 2 heteroatoms. The van der Waals surface area contributed by atoms with Crippen molar-refractivity contribution < 1.29 is 0 Å². The Morgan fingerprint density at radius 2 is 1.71 bits per heavy atom. The molecule has 0 amide bonds. The van der Waals surface area contributed by atoms with Crippen LogP contribution in [0.1, 0.15) is 56.6 Å². The molecule has 1 aromatic carbocycles. The van der Waals surface area contributed by atoms with Gasteiger partial charge in [0.15, 0.2) is 0 Å². The van der Waals surface area contributed by atoms with E-state index in [0.717, 1.165) is 24.9 Å². The standard InChI is InChI=1S/C19H32N2/c1-5-16(6-2)19(21(3)4)14-20-13-15-7-9-17(10-8-15)18-11-12-18/h7-10,16,18-20H,5-6,11-14H2,1-4H3. The summed E-state index contributed by atoms with van der Waals surface area (Å²) in [6, 6.07) is 9.86. The maximum absolute atomic E-state index is 3.65. The monoisotopic (exact) mass is 288 g/mol. The molecule has 1 saturated carbocycles. The lowest BCUT2D eigenvalue weighted by atomic mass is 9.93. The predicted molar refractivity (Wildman–Crippen MR) is 91.7 cm³/mol. The van der Waals surface area contributed by atoms with Gasteiger partial charge in [0, 0.05) is 19.1 Å². The number of hydrogen-bond acceptors (Lipinski definition) is 2. The van der Waals surface area contributed by atoms with Crippen LogP contribution in [0.5, 0.6) is 0 Å². The van der Waals surface area contributed by atoms with Crippen molar-refractivity contribution in [1.82, 2.24) is 10.2 Å². The summed E-state index contributed by atoms with van der Waals surface area (Å²) in [5.74, 6) is 1.64. The first-order chi connectivity index (χ1) is 10.2. The molecule has 1 N–H and O–H groups in total. The van der Waals surface area contributed by atoms with Gasteiger partial charge in [0.05, 0.1) is 0 Å². The van der Waals surface area contributed by atoms with Gasteiger partial charge < -0.3 is 10.2 Å². The number of nitrogens with one attached hydrogen (secondary N) is 1. The van der Waals surface area contributed by atoms with E-state index >= 15 is 0 Å². The predicted octanol–water partition coefficient (Wildman–Crippen LogP) is 4.02. The summed E-state index contributed by atoms with van der Waals surface area (Å²) in [6.45, 7) is 6.67. The second-order valence-electron chi connectivity index (χ2n) is 6.75. The molecule has 1 fully saturated rings. The van der Waals surface area contributed by atoms with E-state index in [1.807, 2.05) is 0 Å². The fourth-order valence-corrected chi connectivity index (χ4v) is 3.29. The quantitative estimate of drug-likeness (QED) is 0.738. The summed E-state index contributed by atoms with van der Waals surface area (Å²) in [5, 5.41) is 3.65. The molecule has 1 aliphatic carbocycles. The van der Waals surface area contributed by atoms with Gasteiger partial charge in [-0.2, -0.15) is 0 Å². The Hall–Kier alpha value is -0.860. The average molecular weight is 288 g/mol. The van der Waals surface area contributed by atoms with Crippen LogP contribution in [0.15, 0.2) is 24.3 Å². The molecule has 1 unspecified atom stereocenters. The highest BCUT2D eigenvalue weighted by atomic mass is 15.1. The average Bonchev–Trinajstić information content (AvgIpc) is 3.32. The Labute approximate surface area is 130 Å². The molecule has 0 radical (unpaired) electrons. The van der Waals surface area contributed by atoms with E-state index in [4.69, 9.17) is 0 Å². The number of likely N-dealkylation sites (N-methyl/N-ethyl adjacent to an activating group) is 1. The van der Waals surface area contributed by atoms with Crippen molar-refractivity contribution in [3.63, 3.8) is 0 Å². The van der Waals surface area contributed by atoms with Crippen molar-refractivity contribution in [1.29, 1.82) is 0 Å². The maximum atomic E-state index is 3.65. The maximum Gasteiger partial charge on any atom is 0.0242 e. The van der Waals surface area contributed by atoms with Crippen molar-refractivity contribution in [3.05, 3.63) is 35.4 Å². The minimum Gasteiger partial charge on any atom is -0.311 e. The smallest absolute Gasteiger partial charge is 0.0242 e. The van der Waals surface area contributed by atoms with E-state index in [1.54, 1.807) is 0 Å². The van der Waals surface area contributed by atoms with Crippen LogP contribution in [-0.2, 0) is 6.54 Å². The molecular formula is C19H32N2. The summed E-state index contributed by atoms with van der Waals surface area (Å²) in [6.07, 6.45) is 5.29. The number of nitrogens with zero attached hydrogens (tertiary/aromatic N) is 1. The van der Waals surface area contributed by atoms with Crippen molar-refractivity contribution in [3.8, 4) is 0 Å². The van der Waals surface area contributed by atoms with Gasteiger partial charge in [-0.3, -0.25) is 0 Å². The zero-order chi connectivity index (χ0) is 15.2. The lowest BCUT2D eigenvalue weighted by molar-refractivity contribution is 0.194. The second-order valence-corrected chi connectivity index (χ2v) is 6.75. The van der Waals surface area contributed by atoms with Crippen LogP contribution < -0.4 is 5.32 Å². The lowest BCUT2D eigenvalue weighted by Gasteiger charge is -2.31. The highest BCUT2D eigenvalue weighted by Crippen LogP contribution is 2.39. The van der Waals surface area contributed by atoms with Crippen molar-refractivity contribution in [2.75, 3.05) is 20.6 Å². The Morgan fingerprint density at radius 3 is 2.19 bits per heavy atom. The topological polar surface area (TPSA) is 15.3 Å². The van der Waals surface area contributed by atoms with Crippen LogP contribution in [0.3, 0.4) is 0 Å². The summed E-state index contributed by atoms with van der Waals surface area (Å²) in [5.41, 5.74) is 2.93. The molecule has 0 heterocycles. The largest absolute Gasteiger partial charge is 0.311 e. The van der Waals surface area contributed by atoms with Crippen LogP contribution in [0.2, 0.25) is 0 Å². The van der Waals surface area contributed by atoms with Gasteiger partial charge in [-0.15, -0.1) is 0 Å². The molecule has 1 aliphatic rings. The minimum atomic E-state index is 0.630. The van der Waals surface area contributed by atoms with Crippen molar-refractivity contribution >= 4 is 0 Å². The Bertz CT molecular complexity index is 402. The molecule has 2 rings (SSSR count). The molecule has 1 aromatic rings. The highest BCUT2D eigenvalue weighted by Gasteiger charge is 2.23. The molecule has 2 nitrogen and oxygen atoms in total. The number of benzene rings is 1. The SMILES string of the molecule is CCC(CC)C(CNCc1ccc(C2CC2)cc1)N(C)C. The zero-order valence-corrected chi connectivity index (χ0v) is 14.2. The van der Waals surface area contributed by atoms with Gasteiger partial charge in [0.2, 0.25) is 0 Å². The first kappa shape index (κ1) is 16.5. The number of rotatable bonds is 9. The summed E-state index contributed by atoms with van der Waals surface area (Å²) >= 11 is 0. The van der Waals surface area contributed by atoms with E-state index in [-0.39, 0.29) is 0 Å². The number of hydrogen-bond donors (Lipinski definition) is 1. The van der Waals surface area contributed by atoms with Crippen LogP contribution in [0.4, 0.5) is 0 Å². The van der Waals surface area contributed by atoms with Gasteiger partial charge in [-0.25, -0.2) is 0 Å². The third kappa shape index (κ3) is 4.82. The minimum absolute atomic E-state index is 0.630. The molecule has 21 heavy (non-hydrogen) atoms. The van der Waals surface area contributed by atoms with Crippen molar-refractivity contribution in [2.45, 2.75) is 58.0 Å². The fraction of sp³-hybridized carbons (Fsp3) is 0.684. The molecule has 0 aliphatic heterocycles. The zero-order valence-electron chi connectivity index (χ0n) is 14.2. The normalized spacial score (nSPS) is 16.7. The van der Waals surface area contributed by atoms with Gasteiger partial charge in [-0.05, 0) is 49.9 Å². The van der Waals surface area contributed by atoms with E-state index < -0.39 is 0 Å². The molecule has 118 valence electrons. The van der Waals surface area contributed by atoms with Crippen molar-refractivity contribution in [2.24, 2.45) is 5.92 Å². The van der Waals surface area contributed by atoms with Gasteiger partial charge in [-0.1, -0.05) is 51.0 Å². The summed E-state index contributed by atoms with van der Waals surface area (Å²) in [4.78, 5) is 2.38.